The Hall–Kier alpha value is -0.0900. The topological polar surface area (TPSA) is 46.2 Å². The summed E-state index contributed by atoms with van der Waals surface area (Å²) in [5, 5.41) is 3.62. The molecule has 0 aromatic rings. The van der Waals surface area contributed by atoms with Crippen LogP contribution in [0.25, 0.3) is 0 Å². The van der Waals surface area contributed by atoms with Crippen molar-refractivity contribution in [3.8, 4) is 0 Å². The van der Waals surface area contributed by atoms with E-state index in [9.17, 15) is 8.42 Å². The molecule has 20 heavy (non-hydrogen) atoms. The fourth-order valence-electron chi connectivity index (χ4n) is 4.19. The van der Waals surface area contributed by atoms with Gasteiger partial charge in [0.25, 0.3) is 0 Å². The zero-order valence-corrected chi connectivity index (χ0v) is 14.3. The van der Waals surface area contributed by atoms with Crippen molar-refractivity contribution in [2.45, 2.75) is 59.4 Å². The van der Waals surface area contributed by atoms with E-state index >= 15 is 0 Å². The standard InChI is InChI=1S/C16H31NO2S/c1-5-17-15-7-6-13(16(2,3)4)10-14(15)12-8-9-20(18,19)11-12/h12-15,17H,5-11H2,1-4H3. The molecular weight excluding hydrogens is 270 g/mol. The fraction of sp³-hybridized carbons (Fsp3) is 1.00. The van der Waals surface area contributed by atoms with Crippen molar-refractivity contribution < 1.29 is 8.42 Å². The minimum absolute atomic E-state index is 0.340. The van der Waals surface area contributed by atoms with Gasteiger partial charge in [-0.3, -0.25) is 0 Å². The van der Waals surface area contributed by atoms with E-state index in [1.54, 1.807) is 0 Å². The van der Waals surface area contributed by atoms with E-state index < -0.39 is 9.84 Å². The summed E-state index contributed by atoms with van der Waals surface area (Å²) < 4.78 is 23.6. The molecule has 0 spiro atoms. The second kappa shape index (κ2) is 5.96. The molecule has 2 aliphatic rings. The molecule has 4 atom stereocenters. The third-order valence-electron chi connectivity index (χ3n) is 5.46. The molecule has 0 amide bonds. The van der Waals surface area contributed by atoms with Crippen LogP contribution >= 0.6 is 0 Å². The molecule has 1 N–H and O–H groups in total. The molecule has 1 saturated heterocycles. The lowest BCUT2D eigenvalue weighted by atomic mass is 9.64. The summed E-state index contributed by atoms with van der Waals surface area (Å²) in [4.78, 5) is 0. The third-order valence-corrected chi connectivity index (χ3v) is 7.26. The van der Waals surface area contributed by atoms with Crippen LogP contribution in [-0.2, 0) is 9.84 Å². The Morgan fingerprint density at radius 2 is 1.85 bits per heavy atom. The van der Waals surface area contributed by atoms with Gasteiger partial charge in [0.1, 0.15) is 0 Å². The Bertz CT molecular complexity index is 424. The molecule has 0 radical (unpaired) electrons. The van der Waals surface area contributed by atoms with Crippen molar-refractivity contribution in [1.29, 1.82) is 0 Å². The average molecular weight is 301 g/mol. The Kier molecular flexibility index (Phi) is 4.85. The van der Waals surface area contributed by atoms with E-state index in [0.717, 1.165) is 18.9 Å². The van der Waals surface area contributed by atoms with Gasteiger partial charge in [0.15, 0.2) is 9.84 Å². The summed E-state index contributed by atoms with van der Waals surface area (Å²) in [6.45, 7) is 10.1. The van der Waals surface area contributed by atoms with Gasteiger partial charge in [-0.2, -0.15) is 0 Å². The summed E-state index contributed by atoms with van der Waals surface area (Å²) >= 11 is 0. The van der Waals surface area contributed by atoms with Crippen LogP contribution in [0.5, 0.6) is 0 Å². The van der Waals surface area contributed by atoms with E-state index in [1.165, 1.54) is 19.3 Å². The molecule has 0 bridgehead atoms. The molecule has 2 rings (SSSR count). The Labute approximate surface area is 124 Å². The molecule has 1 heterocycles. The minimum atomic E-state index is -2.76. The van der Waals surface area contributed by atoms with Gasteiger partial charge in [-0.25, -0.2) is 8.42 Å². The SMILES string of the molecule is CCNC1CCC(C(C)(C)C)CC1C1CCS(=O)(=O)C1. The van der Waals surface area contributed by atoms with Crippen LogP contribution in [0.3, 0.4) is 0 Å². The number of rotatable bonds is 3. The Balaban J connectivity index is 2.11. The zero-order chi connectivity index (χ0) is 15.0. The van der Waals surface area contributed by atoms with Gasteiger partial charge >= 0.3 is 0 Å². The van der Waals surface area contributed by atoms with E-state index in [4.69, 9.17) is 0 Å². The maximum Gasteiger partial charge on any atom is 0.150 e. The molecule has 1 saturated carbocycles. The Morgan fingerprint density at radius 1 is 1.15 bits per heavy atom. The number of nitrogens with one attached hydrogen (secondary N) is 1. The first kappa shape index (κ1) is 16.3. The van der Waals surface area contributed by atoms with E-state index in [-0.39, 0.29) is 0 Å². The summed E-state index contributed by atoms with van der Waals surface area (Å²) in [6, 6.07) is 0.525. The molecule has 2 fully saturated rings. The number of hydrogen-bond donors (Lipinski definition) is 1. The smallest absolute Gasteiger partial charge is 0.150 e. The highest BCUT2D eigenvalue weighted by Gasteiger charge is 2.42. The lowest BCUT2D eigenvalue weighted by Gasteiger charge is -2.44. The first-order valence-corrected chi connectivity index (χ1v) is 9.99. The van der Waals surface area contributed by atoms with E-state index in [1.807, 2.05) is 0 Å². The van der Waals surface area contributed by atoms with Gasteiger partial charge in [-0.1, -0.05) is 27.7 Å². The highest BCUT2D eigenvalue weighted by Crippen LogP contribution is 2.44. The molecule has 0 aromatic heterocycles. The first-order chi connectivity index (χ1) is 9.23. The largest absolute Gasteiger partial charge is 0.314 e. The molecule has 3 nitrogen and oxygen atoms in total. The van der Waals surface area contributed by atoms with Gasteiger partial charge in [0.2, 0.25) is 0 Å². The van der Waals surface area contributed by atoms with Crippen molar-refractivity contribution in [1.82, 2.24) is 5.32 Å². The van der Waals surface area contributed by atoms with Crippen LogP contribution in [0.2, 0.25) is 0 Å². The van der Waals surface area contributed by atoms with Crippen LogP contribution in [-0.4, -0.2) is 32.5 Å². The molecule has 118 valence electrons. The quantitative estimate of drug-likeness (QED) is 0.872. The Morgan fingerprint density at radius 3 is 2.35 bits per heavy atom. The van der Waals surface area contributed by atoms with Gasteiger partial charge < -0.3 is 5.32 Å². The fourth-order valence-corrected chi connectivity index (χ4v) is 6.08. The lowest BCUT2D eigenvalue weighted by Crippen LogP contribution is -2.46. The van der Waals surface area contributed by atoms with Crippen molar-refractivity contribution in [2.75, 3.05) is 18.1 Å². The molecule has 0 aromatic carbocycles. The average Bonchev–Trinajstić information content (AvgIpc) is 2.69. The maximum atomic E-state index is 11.8. The summed E-state index contributed by atoms with van der Waals surface area (Å²) in [6.07, 6.45) is 4.56. The van der Waals surface area contributed by atoms with Gasteiger partial charge in [0.05, 0.1) is 11.5 Å². The lowest BCUT2D eigenvalue weighted by molar-refractivity contribution is 0.0884. The third kappa shape index (κ3) is 3.76. The van der Waals surface area contributed by atoms with Crippen LogP contribution in [0.4, 0.5) is 0 Å². The van der Waals surface area contributed by atoms with Gasteiger partial charge in [-0.15, -0.1) is 0 Å². The van der Waals surface area contributed by atoms with E-state index in [0.29, 0.717) is 34.8 Å². The van der Waals surface area contributed by atoms with Crippen LogP contribution in [0, 0.1) is 23.2 Å². The zero-order valence-electron chi connectivity index (χ0n) is 13.5. The number of sulfone groups is 1. The molecule has 4 unspecified atom stereocenters. The minimum Gasteiger partial charge on any atom is -0.314 e. The molecule has 1 aliphatic carbocycles. The monoisotopic (exact) mass is 301 g/mol. The summed E-state index contributed by atoms with van der Waals surface area (Å²) in [7, 11) is -2.76. The second-order valence-corrected chi connectivity index (χ2v) is 10.1. The van der Waals surface area contributed by atoms with Crippen molar-refractivity contribution >= 4 is 9.84 Å². The molecule has 1 aliphatic heterocycles. The predicted molar refractivity (Wildman–Crippen MR) is 84.5 cm³/mol. The highest BCUT2D eigenvalue weighted by atomic mass is 32.2. The second-order valence-electron chi connectivity index (χ2n) is 7.87. The number of hydrogen-bond acceptors (Lipinski definition) is 3. The van der Waals surface area contributed by atoms with Crippen LogP contribution in [0.15, 0.2) is 0 Å². The summed E-state index contributed by atoms with van der Waals surface area (Å²) in [5.41, 5.74) is 0.340. The normalized spacial score (nSPS) is 38.0. The van der Waals surface area contributed by atoms with Crippen molar-refractivity contribution in [3.63, 3.8) is 0 Å². The van der Waals surface area contributed by atoms with Crippen LogP contribution in [0.1, 0.15) is 53.4 Å². The molecule has 4 heteroatoms. The van der Waals surface area contributed by atoms with Crippen LogP contribution < -0.4 is 5.32 Å². The molecular formula is C16H31NO2S. The summed E-state index contributed by atoms with van der Waals surface area (Å²) in [5.74, 6) is 2.49. The van der Waals surface area contributed by atoms with E-state index in [2.05, 4.69) is 33.0 Å². The van der Waals surface area contributed by atoms with Crippen molar-refractivity contribution in [3.05, 3.63) is 0 Å². The van der Waals surface area contributed by atoms with Gasteiger partial charge in [0, 0.05) is 6.04 Å². The van der Waals surface area contributed by atoms with Crippen molar-refractivity contribution in [2.24, 2.45) is 23.2 Å². The predicted octanol–water partition coefficient (Wildman–Crippen LogP) is 2.86. The first-order valence-electron chi connectivity index (χ1n) is 8.16. The highest BCUT2D eigenvalue weighted by molar-refractivity contribution is 7.91. The maximum absolute atomic E-state index is 11.8. The van der Waals surface area contributed by atoms with Gasteiger partial charge in [-0.05, 0) is 55.4 Å².